The Morgan fingerprint density at radius 2 is 2.35 bits per heavy atom. The molecular formula is C13H18FNOS. The number of aryl methyl sites for hydroxylation is 1. The van der Waals surface area contributed by atoms with E-state index in [2.05, 4.69) is 5.32 Å². The summed E-state index contributed by atoms with van der Waals surface area (Å²) in [6, 6.07) is 5.48. The highest BCUT2D eigenvalue weighted by Gasteiger charge is 2.25. The molecule has 1 fully saturated rings. The number of thioether (sulfide) groups is 1. The molecule has 1 aliphatic heterocycles. The second-order valence-corrected chi connectivity index (χ2v) is 5.41. The second-order valence-electron chi connectivity index (χ2n) is 4.26. The van der Waals surface area contributed by atoms with Crippen LogP contribution in [0.1, 0.15) is 17.2 Å². The van der Waals surface area contributed by atoms with Crippen molar-refractivity contribution in [2.75, 3.05) is 25.2 Å². The van der Waals surface area contributed by atoms with E-state index in [1.165, 1.54) is 0 Å². The lowest BCUT2D eigenvalue weighted by Gasteiger charge is -2.30. The van der Waals surface area contributed by atoms with E-state index >= 15 is 0 Å². The molecule has 1 heterocycles. The zero-order valence-corrected chi connectivity index (χ0v) is 11.0. The third kappa shape index (κ3) is 3.00. The van der Waals surface area contributed by atoms with Gasteiger partial charge in [0.05, 0.1) is 18.8 Å². The van der Waals surface area contributed by atoms with Crippen LogP contribution in [0.25, 0.3) is 0 Å². The minimum absolute atomic E-state index is 0.0675. The first-order valence-corrected chi connectivity index (χ1v) is 7.00. The molecule has 1 aromatic rings. The third-order valence-corrected chi connectivity index (χ3v) is 4.10. The predicted molar refractivity (Wildman–Crippen MR) is 70.0 cm³/mol. The molecule has 2 rings (SSSR count). The van der Waals surface area contributed by atoms with E-state index in [1.807, 2.05) is 30.9 Å². The molecule has 0 aromatic heterocycles. The Kier molecular flexibility index (Phi) is 4.42. The molecule has 2 nitrogen and oxygen atoms in total. The Balaban J connectivity index is 2.18. The lowest BCUT2D eigenvalue weighted by molar-refractivity contribution is 0.0488. The fourth-order valence-corrected chi connectivity index (χ4v) is 2.97. The first kappa shape index (κ1) is 12.9. The standard InChI is InChI=1S/C13H18FNOS/c1-9-3-4-10(7-11(9)14)13(15-2)12-8-17-6-5-16-12/h3-4,7,12-13,15H,5-6,8H2,1-2H3. The third-order valence-electron chi connectivity index (χ3n) is 3.08. The Labute approximate surface area is 106 Å². The maximum atomic E-state index is 13.6. The van der Waals surface area contributed by atoms with Gasteiger partial charge in [0.25, 0.3) is 0 Å². The molecule has 1 saturated heterocycles. The summed E-state index contributed by atoms with van der Waals surface area (Å²) < 4.78 is 19.3. The van der Waals surface area contributed by atoms with Crippen LogP contribution in [-0.4, -0.2) is 31.3 Å². The van der Waals surface area contributed by atoms with Gasteiger partial charge < -0.3 is 10.1 Å². The number of nitrogens with one attached hydrogen (secondary N) is 1. The van der Waals surface area contributed by atoms with Gasteiger partial charge in [0.15, 0.2) is 0 Å². The molecule has 94 valence electrons. The summed E-state index contributed by atoms with van der Waals surface area (Å²) in [5.41, 5.74) is 1.64. The average Bonchev–Trinajstić information content (AvgIpc) is 2.36. The molecule has 0 spiro atoms. The summed E-state index contributed by atoms with van der Waals surface area (Å²) in [6.07, 6.45) is 0.126. The van der Waals surface area contributed by atoms with E-state index in [-0.39, 0.29) is 18.0 Å². The van der Waals surface area contributed by atoms with E-state index in [4.69, 9.17) is 4.74 Å². The van der Waals surface area contributed by atoms with Crippen molar-refractivity contribution in [1.82, 2.24) is 5.32 Å². The fraction of sp³-hybridized carbons (Fsp3) is 0.538. The zero-order chi connectivity index (χ0) is 12.3. The molecule has 17 heavy (non-hydrogen) atoms. The number of hydrogen-bond acceptors (Lipinski definition) is 3. The Bertz CT molecular complexity index is 380. The smallest absolute Gasteiger partial charge is 0.126 e. The first-order chi connectivity index (χ1) is 8.22. The van der Waals surface area contributed by atoms with Gasteiger partial charge in [-0.25, -0.2) is 4.39 Å². The highest BCUT2D eigenvalue weighted by molar-refractivity contribution is 7.99. The Morgan fingerprint density at radius 1 is 1.53 bits per heavy atom. The highest BCUT2D eigenvalue weighted by Crippen LogP contribution is 2.26. The molecule has 0 aliphatic carbocycles. The average molecular weight is 255 g/mol. The topological polar surface area (TPSA) is 21.3 Å². The van der Waals surface area contributed by atoms with Crippen LogP contribution in [0.15, 0.2) is 18.2 Å². The predicted octanol–water partition coefficient (Wildman–Crippen LogP) is 2.53. The number of ether oxygens (including phenoxy) is 1. The first-order valence-electron chi connectivity index (χ1n) is 5.85. The monoisotopic (exact) mass is 255 g/mol. The van der Waals surface area contributed by atoms with Crippen LogP contribution in [0.4, 0.5) is 4.39 Å². The maximum Gasteiger partial charge on any atom is 0.126 e. The van der Waals surface area contributed by atoms with Gasteiger partial charge in [0.2, 0.25) is 0 Å². The van der Waals surface area contributed by atoms with Crippen molar-refractivity contribution in [1.29, 1.82) is 0 Å². The molecular weight excluding hydrogens is 237 g/mol. The molecule has 0 saturated carbocycles. The molecule has 2 unspecified atom stereocenters. The lowest BCUT2D eigenvalue weighted by Crippen LogP contribution is -2.36. The van der Waals surface area contributed by atoms with Gasteiger partial charge in [-0.15, -0.1) is 0 Å². The molecule has 1 aliphatic rings. The van der Waals surface area contributed by atoms with E-state index in [9.17, 15) is 4.39 Å². The summed E-state index contributed by atoms with van der Waals surface area (Å²) in [7, 11) is 1.89. The summed E-state index contributed by atoms with van der Waals surface area (Å²) in [5.74, 6) is 1.86. The minimum atomic E-state index is -0.147. The van der Waals surface area contributed by atoms with Crippen molar-refractivity contribution in [3.63, 3.8) is 0 Å². The summed E-state index contributed by atoms with van der Waals surface area (Å²) in [6.45, 7) is 2.56. The molecule has 2 atom stereocenters. The molecule has 0 radical (unpaired) electrons. The minimum Gasteiger partial charge on any atom is -0.375 e. The summed E-state index contributed by atoms with van der Waals surface area (Å²) >= 11 is 1.89. The maximum absolute atomic E-state index is 13.6. The zero-order valence-electron chi connectivity index (χ0n) is 10.2. The van der Waals surface area contributed by atoms with Crippen molar-refractivity contribution in [3.05, 3.63) is 35.1 Å². The van der Waals surface area contributed by atoms with Gasteiger partial charge >= 0.3 is 0 Å². The Hall–Kier alpha value is -0.580. The van der Waals surface area contributed by atoms with Gasteiger partial charge in [-0.3, -0.25) is 0 Å². The number of likely N-dealkylation sites (N-methyl/N-ethyl adjacent to an activating group) is 1. The van der Waals surface area contributed by atoms with Gasteiger partial charge in [0, 0.05) is 11.5 Å². The largest absolute Gasteiger partial charge is 0.375 e. The second kappa shape index (κ2) is 5.85. The van der Waals surface area contributed by atoms with Gasteiger partial charge in [0.1, 0.15) is 5.82 Å². The summed E-state index contributed by atoms with van der Waals surface area (Å²) in [5, 5.41) is 3.23. The lowest BCUT2D eigenvalue weighted by atomic mass is 10.0. The van der Waals surface area contributed by atoms with Crippen LogP contribution < -0.4 is 5.32 Å². The van der Waals surface area contributed by atoms with Crippen LogP contribution in [0, 0.1) is 12.7 Å². The van der Waals surface area contributed by atoms with Crippen molar-refractivity contribution >= 4 is 11.8 Å². The molecule has 0 bridgehead atoms. The highest BCUT2D eigenvalue weighted by atomic mass is 32.2. The quantitative estimate of drug-likeness (QED) is 0.897. The van der Waals surface area contributed by atoms with Gasteiger partial charge in [-0.2, -0.15) is 11.8 Å². The Morgan fingerprint density at radius 3 is 2.94 bits per heavy atom. The van der Waals surface area contributed by atoms with Crippen molar-refractivity contribution in [3.8, 4) is 0 Å². The van der Waals surface area contributed by atoms with Crippen LogP contribution in [0.3, 0.4) is 0 Å². The van der Waals surface area contributed by atoms with Crippen LogP contribution in [0.5, 0.6) is 0 Å². The number of hydrogen-bond donors (Lipinski definition) is 1. The normalized spacial score (nSPS) is 22.4. The van der Waals surface area contributed by atoms with Crippen molar-refractivity contribution in [2.45, 2.75) is 19.1 Å². The summed E-state index contributed by atoms with van der Waals surface area (Å²) in [4.78, 5) is 0. The van der Waals surface area contributed by atoms with E-state index in [0.717, 1.165) is 23.7 Å². The molecule has 0 amide bonds. The number of halogens is 1. The molecule has 4 heteroatoms. The number of rotatable bonds is 3. The van der Waals surface area contributed by atoms with Crippen molar-refractivity contribution in [2.24, 2.45) is 0 Å². The van der Waals surface area contributed by atoms with Crippen LogP contribution in [-0.2, 0) is 4.74 Å². The van der Waals surface area contributed by atoms with Gasteiger partial charge in [-0.05, 0) is 31.2 Å². The van der Waals surface area contributed by atoms with Crippen LogP contribution in [0.2, 0.25) is 0 Å². The van der Waals surface area contributed by atoms with E-state index < -0.39 is 0 Å². The van der Waals surface area contributed by atoms with Crippen LogP contribution >= 0.6 is 11.8 Å². The van der Waals surface area contributed by atoms with Gasteiger partial charge in [-0.1, -0.05) is 12.1 Å². The fourth-order valence-electron chi connectivity index (χ4n) is 2.07. The molecule has 1 N–H and O–H groups in total. The van der Waals surface area contributed by atoms with Crippen molar-refractivity contribution < 1.29 is 9.13 Å². The SMILES string of the molecule is CNC(c1ccc(C)c(F)c1)C1CSCCO1. The van der Waals surface area contributed by atoms with E-state index in [1.54, 1.807) is 13.0 Å². The molecule has 1 aromatic carbocycles. The van der Waals surface area contributed by atoms with E-state index in [0.29, 0.717) is 5.56 Å². The number of benzene rings is 1.